The van der Waals surface area contributed by atoms with Gasteiger partial charge in [0.15, 0.2) is 11.5 Å². The zero-order valence-electron chi connectivity index (χ0n) is 14.5. The van der Waals surface area contributed by atoms with Crippen molar-refractivity contribution in [3.63, 3.8) is 0 Å². The van der Waals surface area contributed by atoms with Gasteiger partial charge in [-0.3, -0.25) is 9.59 Å². The average molecular weight is 375 g/mol. The molecular formula is C18H21N3O4S. The number of likely N-dealkylation sites (tertiary alicyclic amines) is 1. The molecule has 1 fully saturated rings. The summed E-state index contributed by atoms with van der Waals surface area (Å²) in [4.78, 5) is 29.9. The Bertz CT molecular complexity index is 771. The summed E-state index contributed by atoms with van der Waals surface area (Å²) in [5, 5.41) is 1.92. The fourth-order valence-corrected chi connectivity index (χ4v) is 3.47. The van der Waals surface area contributed by atoms with Crippen LogP contribution < -0.4 is 15.2 Å². The maximum atomic E-state index is 12.7. The van der Waals surface area contributed by atoms with Crippen molar-refractivity contribution in [3.05, 3.63) is 40.3 Å². The zero-order valence-corrected chi connectivity index (χ0v) is 15.3. The molecule has 0 unspecified atom stereocenters. The number of rotatable bonds is 6. The molecule has 0 spiro atoms. The fourth-order valence-electron chi connectivity index (χ4n) is 2.93. The molecule has 3 rings (SSSR count). The van der Waals surface area contributed by atoms with E-state index >= 15 is 0 Å². The summed E-state index contributed by atoms with van der Waals surface area (Å²) in [6, 6.07) is 5.13. The normalized spacial score (nSPS) is 14.9. The molecule has 7 nitrogen and oxygen atoms in total. The van der Waals surface area contributed by atoms with E-state index in [2.05, 4.69) is 4.98 Å². The Labute approximate surface area is 155 Å². The van der Waals surface area contributed by atoms with Gasteiger partial charge in [0.2, 0.25) is 5.91 Å². The monoisotopic (exact) mass is 375 g/mol. The first-order chi connectivity index (χ1) is 12.6. The predicted octanol–water partition coefficient (Wildman–Crippen LogP) is 2.07. The first kappa shape index (κ1) is 18.2. The molecule has 1 aromatic carbocycles. The second-order valence-corrected chi connectivity index (χ2v) is 6.82. The number of nitrogens with zero attached hydrogens (tertiary/aromatic N) is 2. The van der Waals surface area contributed by atoms with Gasteiger partial charge in [0.05, 0.1) is 18.3 Å². The molecule has 2 heterocycles. The van der Waals surface area contributed by atoms with Gasteiger partial charge in [-0.2, -0.15) is 0 Å². The van der Waals surface area contributed by atoms with Gasteiger partial charge in [-0.25, -0.2) is 4.98 Å². The lowest BCUT2D eigenvalue weighted by molar-refractivity contribution is -0.123. The molecular weight excluding hydrogens is 354 g/mol. The molecule has 2 N–H and O–H groups in total. The maximum absolute atomic E-state index is 12.7. The quantitative estimate of drug-likeness (QED) is 0.834. The van der Waals surface area contributed by atoms with E-state index in [-0.39, 0.29) is 17.7 Å². The summed E-state index contributed by atoms with van der Waals surface area (Å²) in [7, 11) is 1.54. The fraction of sp³-hybridized carbons (Fsp3) is 0.389. The van der Waals surface area contributed by atoms with Crippen molar-refractivity contribution in [3.8, 4) is 11.5 Å². The molecule has 0 radical (unpaired) electrons. The molecule has 8 heteroatoms. The number of carbonyl (C=O) groups is 2. The second kappa shape index (κ2) is 8.18. The number of amides is 2. The topological polar surface area (TPSA) is 94.8 Å². The van der Waals surface area contributed by atoms with Gasteiger partial charge in [-0.05, 0) is 31.0 Å². The van der Waals surface area contributed by atoms with Crippen LogP contribution in [0.2, 0.25) is 0 Å². The number of thiazole rings is 1. The average Bonchev–Trinajstić information content (AvgIpc) is 3.19. The van der Waals surface area contributed by atoms with Crippen LogP contribution in [0.3, 0.4) is 0 Å². The van der Waals surface area contributed by atoms with Crippen molar-refractivity contribution >= 4 is 23.2 Å². The number of benzene rings is 1. The van der Waals surface area contributed by atoms with Crippen LogP contribution in [0.5, 0.6) is 11.5 Å². The standard InChI is InChI=1S/C18H21N3O4S/c1-24-16-8-13(2-3-15(16)25-9-14-10-26-11-20-14)18(23)21-6-4-12(5-7-21)17(19)22/h2-3,8,10-12H,4-7,9H2,1H3,(H2,19,22). The van der Waals surface area contributed by atoms with Gasteiger partial charge in [0.25, 0.3) is 5.91 Å². The number of ether oxygens (including phenoxy) is 2. The molecule has 138 valence electrons. The first-order valence-corrected chi connectivity index (χ1v) is 9.29. The molecule has 1 aromatic heterocycles. The zero-order chi connectivity index (χ0) is 18.5. The Morgan fingerprint density at radius 1 is 1.31 bits per heavy atom. The Morgan fingerprint density at radius 3 is 2.69 bits per heavy atom. The van der Waals surface area contributed by atoms with E-state index in [0.29, 0.717) is 49.6 Å². The number of aromatic nitrogens is 1. The van der Waals surface area contributed by atoms with E-state index in [4.69, 9.17) is 15.2 Å². The number of hydrogen-bond donors (Lipinski definition) is 1. The van der Waals surface area contributed by atoms with Crippen LogP contribution in [-0.2, 0) is 11.4 Å². The molecule has 0 aliphatic carbocycles. The van der Waals surface area contributed by atoms with Crippen molar-refractivity contribution in [1.29, 1.82) is 0 Å². The van der Waals surface area contributed by atoms with Crippen LogP contribution >= 0.6 is 11.3 Å². The third-order valence-corrected chi connectivity index (χ3v) is 5.09. The van der Waals surface area contributed by atoms with Crippen LogP contribution in [0.4, 0.5) is 0 Å². The molecule has 0 bridgehead atoms. The molecule has 1 saturated heterocycles. The SMILES string of the molecule is COc1cc(C(=O)N2CCC(C(N)=O)CC2)ccc1OCc1cscn1. The molecule has 2 amide bonds. The van der Waals surface area contributed by atoms with E-state index < -0.39 is 0 Å². The summed E-state index contributed by atoms with van der Waals surface area (Å²) in [5.74, 6) is 0.537. The highest BCUT2D eigenvalue weighted by molar-refractivity contribution is 7.07. The third-order valence-electron chi connectivity index (χ3n) is 4.45. The lowest BCUT2D eigenvalue weighted by Crippen LogP contribution is -2.41. The molecule has 0 atom stereocenters. The van der Waals surface area contributed by atoms with Gasteiger partial charge in [-0.1, -0.05) is 0 Å². The van der Waals surface area contributed by atoms with E-state index in [1.165, 1.54) is 18.4 Å². The van der Waals surface area contributed by atoms with Crippen LogP contribution in [0, 0.1) is 5.92 Å². The number of primary amides is 1. The minimum atomic E-state index is -0.291. The highest BCUT2D eigenvalue weighted by Gasteiger charge is 2.26. The summed E-state index contributed by atoms with van der Waals surface area (Å²) < 4.78 is 11.1. The van der Waals surface area contributed by atoms with Gasteiger partial charge >= 0.3 is 0 Å². The van der Waals surface area contributed by atoms with Gasteiger partial charge in [0.1, 0.15) is 6.61 Å². The van der Waals surface area contributed by atoms with Crippen molar-refractivity contribution in [1.82, 2.24) is 9.88 Å². The lowest BCUT2D eigenvalue weighted by atomic mass is 9.96. The summed E-state index contributed by atoms with van der Waals surface area (Å²) in [6.07, 6.45) is 1.21. The number of nitrogens with two attached hydrogens (primary N) is 1. The molecule has 2 aromatic rings. The van der Waals surface area contributed by atoms with Crippen LogP contribution in [-0.4, -0.2) is 41.9 Å². The molecule has 1 aliphatic heterocycles. The number of piperidine rings is 1. The predicted molar refractivity (Wildman–Crippen MR) is 97.3 cm³/mol. The minimum absolute atomic E-state index is 0.0859. The van der Waals surface area contributed by atoms with E-state index in [1.54, 1.807) is 28.6 Å². The van der Waals surface area contributed by atoms with Crippen LogP contribution in [0.25, 0.3) is 0 Å². The highest BCUT2D eigenvalue weighted by atomic mass is 32.1. The number of methoxy groups -OCH3 is 1. The van der Waals surface area contributed by atoms with Crippen LogP contribution in [0.15, 0.2) is 29.1 Å². The number of hydrogen-bond acceptors (Lipinski definition) is 6. The summed E-state index contributed by atoms with van der Waals surface area (Å²) >= 11 is 1.51. The first-order valence-electron chi connectivity index (χ1n) is 8.35. The Kier molecular flexibility index (Phi) is 5.72. The van der Waals surface area contributed by atoms with E-state index in [1.807, 2.05) is 5.38 Å². The van der Waals surface area contributed by atoms with Crippen molar-refractivity contribution in [2.24, 2.45) is 11.7 Å². The van der Waals surface area contributed by atoms with E-state index in [9.17, 15) is 9.59 Å². The molecule has 1 aliphatic rings. The van der Waals surface area contributed by atoms with Crippen molar-refractivity contribution < 1.29 is 19.1 Å². The smallest absolute Gasteiger partial charge is 0.253 e. The summed E-state index contributed by atoms with van der Waals surface area (Å²) in [5.41, 5.74) is 8.46. The molecule has 26 heavy (non-hydrogen) atoms. The van der Waals surface area contributed by atoms with Gasteiger partial charge in [0, 0.05) is 30.0 Å². The Hall–Kier alpha value is -2.61. The highest BCUT2D eigenvalue weighted by Crippen LogP contribution is 2.30. The Morgan fingerprint density at radius 2 is 2.08 bits per heavy atom. The minimum Gasteiger partial charge on any atom is -0.493 e. The van der Waals surface area contributed by atoms with Gasteiger partial charge in [-0.15, -0.1) is 11.3 Å². The van der Waals surface area contributed by atoms with Crippen LogP contribution in [0.1, 0.15) is 28.9 Å². The second-order valence-electron chi connectivity index (χ2n) is 6.10. The number of carbonyl (C=O) groups excluding carboxylic acids is 2. The molecule has 0 saturated carbocycles. The van der Waals surface area contributed by atoms with Crippen molar-refractivity contribution in [2.75, 3.05) is 20.2 Å². The van der Waals surface area contributed by atoms with Crippen molar-refractivity contribution in [2.45, 2.75) is 19.4 Å². The summed E-state index contributed by atoms with van der Waals surface area (Å²) in [6.45, 7) is 1.39. The lowest BCUT2D eigenvalue weighted by Gasteiger charge is -2.30. The van der Waals surface area contributed by atoms with E-state index in [0.717, 1.165) is 5.69 Å². The van der Waals surface area contributed by atoms with Gasteiger partial charge < -0.3 is 20.1 Å². The Balaban J connectivity index is 1.66. The third kappa shape index (κ3) is 4.13. The maximum Gasteiger partial charge on any atom is 0.253 e. The largest absolute Gasteiger partial charge is 0.493 e.